The molecule has 1 aromatic carbocycles. The predicted molar refractivity (Wildman–Crippen MR) is 76.1 cm³/mol. The SMILES string of the molecule is CCC(CC)C(O)CNS(=O)(=O)c1cc(N)cc(F)c1. The zero-order valence-electron chi connectivity index (χ0n) is 11.6. The third-order valence-electron chi connectivity index (χ3n) is 3.28. The van der Waals surface area contributed by atoms with E-state index in [0.29, 0.717) is 0 Å². The summed E-state index contributed by atoms with van der Waals surface area (Å²) in [4.78, 5) is -0.244. The zero-order valence-corrected chi connectivity index (χ0v) is 12.5. The van der Waals surface area contributed by atoms with Gasteiger partial charge in [0.2, 0.25) is 10.0 Å². The second-order valence-corrected chi connectivity index (χ2v) is 6.48. The van der Waals surface area contributed by atoms with E-state index in [9.17, 15) is 17.9 Å². The number of aliphatic hydroxyl groups is 1. The summed E-state index contributed by atoms with van der Waals surface area (Å²) < 4.78 is 39.4. The second kappa shape index (κ2) is 7.01. The average Bonchev–Trinajstić information content (AvgIpc) is 2.37. The molecule has 5 nitrogen and oxygen atoms in total. The van der Waals surface area contributed by atoms with Crippen LogP contribution in [0, 0.1) is 11.7 Å². The van der Waals surface area contributed by atoms with Crippen LogP contribution in [-0.4, -0.2) is 26.2 Å². The molecule has 0 saturated carbocycles. The number of aliphatic hydroxyl groups excluding tert-OH is 1. The Hall–Kier alpha value is -1.18. The number of hydrogen-bond acceptors (Lipinski definition) is 4. The fraction of sp³-hybridized carbons (Fsp3) is 0.538. The Morgan fingerprint density at radius 1 is 1.30 bits per heavy atom. The molecule has 0 aliphatic rings. The largest absolute Gasteiger partial charge is 0.399 e. The van der Waals surface area contributed by atoms with E-state index in [1.54, 1.807) is 0 Å². The quantitative estimate of drug-likeness (QED) is 0.665. The van der Waals surface area contributed by atoms with Crippen LogP contribution in [0.2, 0.25) is 0 Å². The number of rotatable bonds is 7. The van der Waals surface area contributed by atoms with E-state index in [0.717, 1.165) is 25.0 Å². The van der Waals surface area contributed by atoms with Crippen LogP contribution in [-0.2, 0) is 10.0 Å². The summed E-state index contributed by atoms with van der Waals surface area (Å²) in [5.41, 5.74) is 5.46. The van der Waals surface area contributed by atoms with Gasteiger partial charge in [0.05, 0.1) is 11.0 Å². The van der Waals surface area contributed by atoms with Crippen molar-refractivity contribution in [2.24, 2.45) is 5.92 Å². The fourth-order valence-corrected chi connectivity index (χ4v) is 3.13. The first-order valence-electron chi connectivity index (χ1n) is 6.54. The third kappa shape index (κ3) is 4.43. The number of halogens is 1. The highest BCUT2D eigenvalue weighted by atomic mass is 32.2. The Bertz CT molecular complexity index is 524. The lowest BCUT2D eigenvalue weighted by molar-refractivity contribution is 0.107. The Balaban J connectivity index is 2.80. The van der Waals surface area contributed by atoms with Crippen molar-refractivity contribution < 1.29 is 17.9 Å². The minimum absolute atomic E-state index is 0.0234. The Morgan fingerprint density at radius 3 is 2.40 bits per heavy atom. The molecule has 0 amide bonds. The Labute approximate surface area is 119 Å². The van der Waals surface area contributed by atoms with Crippen molar-refractivity contribution in [1.82, 2.24) is 4.72 Å². The summed E-state index contributed by atoms with van der Waals surface area (Å²) in [6.07, 6.45) is 0.740. The van der Waals surface area contributed by atoms with Gasteiger partial charge in [-0.1, -0.05) is 26.7 Å². The van der Waals surface area contributed by atoms with Gasteiger partial charge in [0.1, 0.15) is 5.82 Å². The van der Waals surface area contributed by atoms with Crippen molar-refractivity contribution in [3.63, 3.8) is 0 Å². The van der Waals surface area contributed by atoms with Gasteiger partial charge in [0.25, 0.3) is 0 Å². The van der Waals surface area contributed by atoms with Gasteiger partial charge in [0.15, 0.2) is 0 Å². The van der Waals surface area contributed by atoms with Gasteiger partial charge in [0, 0.05) is 12.2 Å². The predicted octanol–water partition coefficient (Wildman–Crippen LogP) is 1.48. The van der Waals surface area contributed by atoms with Crippen molar-refractivity contribution in [3.05, 3.63) is 24.0 Å². The van der Waals surface area contributed by atoms with E-state index in [1.807, 2.05) is 13.8 Å². The standard InChI is InChI=1S/C13H21FN2O3S/c1-3-9(4-2)13(17)8-16-20(18,19)12-6-10(14)5-11(15)7-12/h5-7,9,13,16-17H,3-4,8,15H2,1-2H3. The van der Waals surface area contributed by atoms with Gasteiger partial charge < -0.3 is 10.8 Å². The summed E-state index contributed by atoms with van der Waals surface area (Å²) in [6, 6.07) is 3.11. The number of sulfonamides is 1. The topological polar surface area (TPSA) is 92.4 Å². The van der Waals surface area contributed by atoms with Crippen molar-refractivity contribution >= 4 is 15.7 Å². The number of hydrogen-bond donors (Lipinski definition) is 3. The molecule has 0 aliphatic heterocycles. The first-order chi connectivity index (χ1) is 9.30. The highest BCUT2D eigenvalue weighted by Crippen LogP contribution is 2.17. The first-order valence-corrected chi connectivity index (χ1v) is 8.02. The Kier molecular flexibility index (Phi) is 5.91. The highest BCUT2D eigenvalue weighted by Gasteiger charge is 2.20. The molecule has 0 radical (unpaired) electrons. The van der Waals surface area contributed by atoms with Crippen molar-refractivity contribution in [3.8, 4) is 0 Å². The summed E-state index contributed by atoms with van der Waals surface area (Å²) >= 11 is 0. The fourth-order valence-electron chi connectivity index (χ4n) is 2.02. The van der Waals surface area contributed by atoms with Gasteiger partial charge >= 0.3 is 0 Å². The third-order valence-corrected chi connectivity index (χ3v) is 4.68. The van der Waals surface area contributed by atoms with Crippen molar-refractivity contribution in [1.29, 1.82) is 0 Å². The molecule has 4 N–H and O–H groups in total. The van der Waals surface area contributed by atoms with E-state index < -0.39 is 21.9 Å². The van der Waals surface area contributed by atoms with Gasteiger partial charge in [-0.25, -0.2) is 17.5 Å². The lowest BCUT2D eigenvalue weighted by Crippen LogP contribution is -2.36. The highest BCUT2D eigenvalue weighted by molar-refractivity contribution is 7.89. The molecule has 0 aromatic heterocycles. The maximum atomic E-state index is 13.2. The molecule has 0 bridgehead atoms. The van der Waals surface area contributed by atoms with E-state index in [1.165, 1.54) is 6.07 Å². The molecule has 114 valence electrons. The molecule has 20 heavy (non-hydrogen) atoms. The lowest BCUT2D eigenvalue weighted by atomic mass is 9.97. The van der Waals surface area contributed by atoms with E-state index in [4.69, 9.17) is 5.73 Å². The second-order valence-electron chi connectivity index (χ2n) is 4.72. The van der Waals surface area contributed by atoms with Crippen LogP contribution in [0.3, 0.4) is 0 Å². The molecule has 1 unspecified atom stereocenters. The van der Waals surface area contributed by atoms with E-state index in [-0.39, 0.29) is 23.0 Å². The summed E-state index contributed by atoms with van der Waals surface area (Å²) in [5, 5.41) is 9.90. The molecule has 0 fully saturated rings. The van der Waals surface area contributed by atoms with Crippen molar-refractivity contribution in [2.45, 2.75) is 37.7 Å². The molecule has 0 aliphatic carbocycles. The maximum absolute atomic E-state index is 13.2. The summed E-state index contributed by atoms with van der Waals surface area (Å²) in [6.45, 7) is 3.75. The molecule has 7 heteroatoms. The van der Waals surface area contributed by atoms with Crippen LogP contribution in [0.5, 0.6) is 0 Å². The molecule has 0 saturated heterocycles. The van der Waals surface area contributed by atoms with Gasteiger partial charge in [-0.05, 0) is 24.1 Å². The number of nitrogen functional groups attached to an aromatic ring is 1. The van der Waals surface area contributed by atoms with E-state index in [2.05, 4.69) is 4.72 Å². The smallest absolute Gasteiger partial charge is 0.240 e. The van der Waals surface area contributed by atoms with Crippen LogP contribution in [0.1, 0.15) is 26.7 Å². The zero-order chi connectivity index (χ0) is 15.3. The van der Waals surface area contributed by atoms with Gasteiger partial charge in [-0.3, -0.25) is 0 Å². The maximum Gasteiger partial charge on any atom is 0.240 e. The number of nitrogens with two attached hydrogens (primary N) is 1. The van der Waals surface area contributed by atoms with Gasteiger partial charge in [-0.2, -0.15) is 0 Å². The molecule has 1 atom stereocenters. The first kappa shape index (κ1) is 16.9. The number of anilines is 1. The summed E-state index contributed by atoms with van der Waals surface area (Å²) in [7, 11) is -3.88. The van der Waals surface area contributed by atoms with Crippen LogP contribution < -0.4 is 10.5 Å². The number of nitrogens with one attached hydrogen (secondary N) is 1. The van der Waals surface area contributed by atoms with Gasteiger partial charge in [-0.15, -0.1) is 0 Å². The molecule has 0 heterocycles. The summed E-state index contributed by atoms with van der Waals surface area (Å²) in [5.74, 6) is -0.693. The average molecular weight is 304 g/mol. The number of benzene rings is 1. The monoisotopic (exact) mass is 304 g/mol. The lowest BCUT2D eigenvalue weighted by Gasteiger charge is -2.20. The molecular weight excluding hydrogens is 283 g/mol. The van der Waals surface area contributed by atoms with Crippen LogP contribution in [0.4, 0.5) is 10.1 Å². The van der Waals surface area contributed by atoms with E-state index >= 15 is 0 Å². The van der Waals surface area contributed by atoms with Crippen LogP contribution in [0.15, 0.2) is 23.1 Å². The molecular formula is C13H21FN2O3S. The van der Waals surface area contributed by atoms with Crippen LogP contribution in [0.25, 0.3) is 0 Å². The Morgan fingerprint density at radius 2 is 1.90 bits per heavy atom. The molecule has 1 rings (SSSR count). The minimum Gasteiger partial charge on any atom is -0.399 e. The molecule has 0 spiro atoms. The molecule has 1 aromatic rings. The minimum atomic E-state index is -3.88. The normalized spacial score (nSPS) is 13.7. The van der Waals surface area contributed by atoms with Crippen LogP contribution >= 0.6 is 0 Å². The van der Waals surface area contributed by atoms with Crippen molar-refractivity contribution in [2.75, 3.05) is 12.3 Å².